The lowest BCUT2D eigenvalue weighted by atomic mass is 9.89. The van der Waals surface area contributed by atoms with Crippen LogP contribution in [0, 0.1) is 5.92 Å². The van der Waals surface area contributed by atoms with Gasteiger partial charge in [-0.15, -0.1) is 11.3 Å². The first kappa shape index (κ1) is 19.0. The third-order valence-corrected chi connectivity index (χ3v) is 6.50. The van der Waals surface area contributed by atoms with Gasteiger partial charge in [0, 0.05) is 4.88 Å². The van der Waals surface area contributed by atoms with Gasteiger partial charge in [0.05, 0.1) is 24.6 Å². The van der Waals surface area contributed by atoms with Crippen LogP contribution in [0.3, 0.4) is 0 Å². The number of halogens is 1. The number of hydrogen-bond acceptors (Lipinski definition) is 5. The zero-order valence-corrected chi connectivity index (χ0v) is 17.5. The van der Waals surface area contributed by atoms with Gasteiger partial charge in [-0.1, -0.05) is 24.6 Å². The number of fused-ring (bicyclic) bond motifs is 3. The first-order chi connectivity index (χ1) is 13.5. The molecule has 0 amide bonds. The van der Waals surface area contributed by atoms with E-state index in [1.54, 1.807) is 37.7 Å². The van der Waals surface area contributed by atoms with E-state index in [0.29, 0.717) is 28.3 Å². The Morgan fingerprint density at radius 1 is 1.29 bits per heavy atom. The Morgan fingerprint density at radius 2 is 2.11 bits per heavy atom. The number of aromatic amines is 1. The molecule has 5 nitrogen and oxygen atoms in total. The van der Waals surface area contributed by atoms with E-state index >= 15 is 0 Å². The minimum Gasteiger partial charge on any atom is -0.493 e. The SMILES string of the molecule is COc1cc(/C=C/c2nc3sc4c(c3c(=O)[nH]2)CC[C@H](C)C4)cc(Cl)c1OC. The van der Waals surface area contributed by atoms with Crippen LogP contribution in [-0.4, -0.2) is 24.2 Å². The molecule has 146 valence electrons. The van der Waals surface area contributed by atoms with E-state index < -0.39 is 0 Å². The molecule has 0 saturated carbocycles. The van der Waals surface area contributed by atoms with Crippen molar-refractivity contribution >= 4 is 45.3 Å². The molecule has 1 N–H and O–H groups in total. The lowest BCUT2D eigenvalue weighted by molar-refractivity contribution is 0.355. The summed E-state index contributed by atoms with van der Waals surface area (Å²) in [7, 11) is 3.11. The molecule has 2 aromatic heterocycles. The molecule has 7 heteroatoms. The number of aryl methyl sites for hydroxylation is 1. The highest BCUT2D eigenvalue weighted by atomic mass is 35.5. The monoisotopic (exact) mass is 416 g/mol. The second-order valence-corrected chi connectivity index (χ2v) is 8.55. The first-order valence-corrected chi connectivity index (χ1v) is 10.3. The van der Waals surface area contributed by atoms with Crippen molar-refractivity contribution in [3.63, 3.8) is 0 Å². The van der Waals surface area contributed by atoms with Crippen molar-refractivity contribution in [2.24, 2.45) is 5.92 Å². The average molecular weight is 417 g/mol. The van der Waals surface area contributed by atoms with Gasteiger partial charge in [-0.25, -0.2) is 4.98 Å². The van der Waals surface area contributed by atoms with Crippen LogP contribution in [0.5, 0.6) is 11.5 Å². The molecule has 0 bridgehead atoms. The quantitative estimate of drug-likeness (QED) is 0.653. The smallest absolute Gasteiger partial charge is 0.260 e. The minimum absolute atomic E-state index is 0.0675. The van der Waals surface area contributed by atoms with Crippen molar-refractivity contribution in [1.29, 1.82) is 0 Å². The standard InChI is InChI=1S/C21H21ClN2O3S/c1-11-4-6-13-16(8-11)28-21-18(13)20(25)23-17(24-21)7-5-12-9-14(22)19(27-3)15(10-12)26-2/h5,7,9-11H,4,6,8H2,1-3H3,(H,23,24,25)/b7-5+/t11-/m0/s1. The number of H-pyrrole nitrogens is 1. The summed E-state index contributed by atoms with van der Waals surface area (Å²) in [5.41, 5.74) is 1.95. The Labute approximate surface area is 172 Å². The van der Waals surface area contributed by atoms with Gasteiger partial charge in [-0.3, -0.25) is 4.79 Å². The van der Waals surface area contributed by atoms with E-state index in [1.807, 2.05) is 12.1 Å². The number of hydrogen-bond donors (Lipinski definition) is 1. The number of ether oxygens (including phenoxy) is 2. The molecule has 1 aliphatic carbocycles. The molecule has 4 rings (SSSR count). The third-order valence-electron chi connectivity index (χ3n) is 5.07. The molecule has 0 spiro atoms. The van der Waals surface area contributed by atoms with Crippen molar-refractivity contribution in [1.82, 2.24) is 9.97 Å². The van der Waals surface area contributed by atoms with Crippen LogP contribution in [0.4, 0.5) is 0 Å². The number of methoxy groups -OCH3 is 2. The highest BCUT2D eigenvalue weighted by Crippen LogP contribution is 2.37. The average Bonchev–Trinajstić information content (AvgIpc) is 3.03. The van der Waals surface area contributed by atoms with E-state index in [-0.39, 0.29) is 5.56 Å². The summed E-state index contributed by atoms with van der Waals surface area (Å²) in [5.74, 6) is 2.23. The Morgan fingerprint density at radius 3 is 2.86 bits per heavy atom. The van der Waals surface area contributed by atoms with Crippen LogP contribution in [0.2, 0.25) is 5.02 Å². The van der Waals surface area contributed by atoms with Crippen molar-refractivity contribution in [3.05, 3.63) is 49.3 Å². The Bertz CT molecular complexity index is 1130. The van der Waals surface area contributed by atoms with Crippen molar-refractivity contribution < 1.29 is 9.47 Å². The molecule has 0 fully saturated rings. The molecule has 1 atom stereocenters. The summed E-state index contributed by atoms with van der Waals surface area (Å²) < 4.78 is 10.6. The molecule has 0 unspecified atom stereocenters. The van der Waals surface area contributed by atoms with Crippen LogP contribution >= 0.6 is 22.9 Å². The summed E-state index contributed by atoms with van der Waals surface area (Å²) >= 11 is 7.90. The fourth-order valence-corrected chi connectivity index (χ4v) is 5.34. The molecule has 0 radical (unpaired) electrons. The number of benzene rings is 1. The topological polar surface area (TPSA) is 64.2 Å². The normalized spacial score (nSPS) is 16.5. The summed E-state index contributed by atoms with van der Waals surface area (Å²) in [5, 5.41) is 1.22. The fraction of sp³-hybridized carbons (Fsp3) is 0.333. The van der Waals surface area contributed by atoms with Crippen molar-refractivity contribution in [2.45, 2.75) is 26.2 Å². The molecule has 0 aliphatic heterocycles. The summed E-state index contributed by atoms with van der Waals surface area (Å²) in [6.45, 7) is 2.26. The van der Waals surface area contributed by atoms with E-state index in [1.165, 1.54) is 10.4 Å². The highest BCUT2D eigenvalue weighted by Gasteiger charge is 2.22. The second-order valence-electron chi connectivity index (χ2n) is 7.05. The predicted octanol–water partition coefficient (Wildman–Crippen LogP) is 4.95. The Kier molecular flexibility index (Phi) is 5.17. The van der Waals surface area contributed by atoms with E-state index in [2.05, 4.69) is 16.9 Å². The van der Waals surface area contributed by atoms with Crippen LogP contribution in [0.25, 0.3) is 22.4 Å². The van der Waals surface area contributed by atoms with Crippen LogP contribution in [-0.2, 0) is 12.8 Å². The zero-order valence-electron chi connectivity index (χ0n) is 16.0. The largest absolute Gasteiger partial charge is 0.493 e. The maximum atomic E-state index is 12.7. The van der Waals surface area contributed by atoms with Gasteiger partial charge >= 0.3 is 0 Å². The van der Waals surface area contributed by atoms with Crippen LogP contribution in [0.15, 0.2) is 16.9 Å². The Hall–Kier alpha value is -2.31. The van der Waals surface area contributed by atoms with Gasteiger partial charge in [-0.05, 0) is 54.5 Å². The van der Waals surface area contributed by atoms with E-state index in [4.69, 9.17) is 21.1 Å². The summed E-state index contributed by atoms with van der Waals surface area (Å²) in [6, 6.07) is 3.60. The van der Waals surface area contributed by atoms with Crippen LogP contribution < -0.4 is 15.0 Å². The Balaban J connectivity index is 1.71. The van der Waals surface area contributed by atoms with E-state index in [0.717, 1.165) is 35.0 Å². The predicted molar refractivity (Wildman–Crippen MR) is 115 cm³/mol. The number of aromatic nitrogens is 2. The second kappa shape index (κ2) is 7.60. The maximum absolute atomic E-state index is 12.7. The van der Waals surface area contributed by atoms with Gasteiger partial charge in [0.1, 0.15) is 10.7 Å². The van der Waals surface area contributed by atoms with Gasteiger partial charge in [0.25, 0.3) is 5.56 Å². The molecule has 2 heterocycles. The van der Waals surface area contributed by atoms with Gasteiger partial charge < -0.3 is 14.5 Å². The van der Waals surface area contributed by atoms with Gasteiger partial charge in [-0.2, -0.15) is 0 Å². The maximum Gasteiger partial charge on any atom is 0.260 e. The molecular weight excluding hydrogens is 396 g/mol. The van der Waals surface area contributed by atoms with E-state index in [9.17, 15) is 4.79 Å². The summed E-state index contributed by atoms with van der Waals surface area (Å²) in [6.07, 6.45) is 6.74. The molecule has 3 aromatic rings. The summed E-state index contributed by atoms with van der Waals surface area (Å²) in [4.78, 5) is 22.4. The lowest BCUT2D eigenvalue weighted by Crippen LogP contribution is -2.13. The van der Waals surface area contributed by atoms with Gasteiger partial charge in [0.15, 0.2) is 11.5 Å². The highest BCUT2D eigenvalue weighted by molar-refractivity contribution is 7.18. The zero-order chi connectivity index (χ0) is 19.8. The first-order valence-electron chi connectivity index (χ1n) is 9.14. The molecule has 28 heavy (non-hydrogen) atoms. The molecular formula is C21H21ClN2O3S. The van der Waals surface area contributed by atoms with Crippen molar-refractivity contribution in [2.75, 3.05) is 14.2 Å². The number of rotatable bonds is 4. The van der Waals surface area contributed by atoms with Crippen LogP contribution in [0.1, 0.15) is 35.2 Å². The number of nitrogens with zero attached hydrogens (tertiary/aromatic N) is 1. The molecule has 1 aliphatic rings. The molecule has 0 saturated heterocycles. The number of nitrogens with one attached hydrogen (secondary N) is 1. The third kappa shape index (κ3) is 3.42. The van der Waals surface area contributed by atoms with Gasteiger partial charge in [0.2, 0.25) is 0 Å². The van der Waals surface area contributed by atoms with Crippen molar-refractivity contribution in [3.8, 4) is 11.5 Å². The fourth-order valence-electron chi connectivity index (χ4n) is 3.65. The number of thiophene rings is 1. The lowest BCUT2D eigenvalue weighted by Gasteiger charge is -2.17. The minimum atomic E-state index is -0.0675. The molecule has 1 aromatic carbocycles.